The Balaban J connectivity index is 2.01. The van der Waals surface area contributed by atoms with Crippen LogP contribution in [0.15, 0.2) is 41.3 Å². The Morgan fingerprint density at radius 3 is 2.26 bits per heavy atom. The molecule has 0 aliphatic heterocycles. The maximum atomic E-state index is 13.9. The highest BCUT2D eigenvalue weighted by molar-refractivity contribution is 7.89. The topological polar surface area (TPSA) is 72.9 Å². The van der Waals surface area contributed by atoms with Crippen LogP contribution in [0.4, 0.5) is 4.39 Å². The SMILES string of the molecule is Cc1cc(C)cc(OCCOC(=O)c2cc(S(=O)(=O)N(C)C)ccc2F)c1. The molecule has 0 aliphatic rings. The molecular formula is C19H22FNO5S. The monoisotopic (exact) mass is 395 g/mol. The quantitative estimate of drug-likeness (QED) is 0.532. The van der Waals surface area contributed by atoms with Gasteiger partial charge in [0, 0.05) is 14.1 Å². The molecule has 146 valence electrons. The molecule has 0 aromatic heterocycles. The fraction of sp³-hybridized carbons (Fsp3) is 0.316. The standard InChI is InChI=1S/C19H22FNO5S/c1-13-9-14(2)11-15(10-13)25-7-8-26-19(22)17-12-16(5-6-18(17)20)27(23,24)21(3)4/h5-6,9-12H,7-8H2,1-4H3. The first-order valence-electron chi connectivity index (χ1n) is 8.21. The highest BCUT2D eigenvalue weighted by Gasteiger charge is 2.22. The maximum Gasteiger partial charge on any atom is 0.341 e. The zero-order valence-electron chi connectivity index (χ0n) is 15.7. The second-order valence-corrected chi connectivity index (χ2v) is 8.39. The average Bonchev–Trinajstić information content (AvgIpc) is 2.57. The van der Waals surface area contributed by atoms with Gasteiger partial charge in [-0.3, -0.25) is 0 Å². The third kappa shape index (κ3) is 5.27. The van der Waals surface area contributed by atoms with Crippen LogP contribution in [0.2, 0.25) is 0 Å². The van der Waals surface area contributed by atoms with E-state index in [1.807, 2.05) is 32.0 Å². The molecule has 8 heteroatoms. The van der Waals surface area contributed by atoms with Gasteiger partial charge in [-0.1, -0.05) is 6.07 Å². The van der Waals surface area contributed by atoms with E-state index in [0.29, 0.717) is 5.75 Å². The summed E-state index contributed by atoms with van der Waals surface area (Å²) in [6.07, 6.45) is 0. The van der Waals surface area contributed by atoms with Crippen LogP contribution in [0.3, 0.4) is 0 Å². The van der Waals surface area contributed by atoms with Crippen molar-refractivity contribution in [2.45, 2.75) is 18.7 Å². The Morgan fingerprint density at radius 1 is 1.04 bits per heavy atom. The van der Waals surface area contributed by atoms with Crippen molar-refractivity contribution in [3.05, 3.63) is 58.9 Å². The van der Waals surface area contributed by atoms with Gasteiger partial charge in [0.1, 0.15) is 24.8 Å². The number of hydrogen-bond acceptors (Lipinski definition) is 5. The molecule has 0 radical (unpaired) electrons. The van der Waals surface area contributed by atoms with Crippen LogP contribution in [-0.4, -0.2) is 46.0 Å². The lowest BCUT2D eigenvalue weighted by atomic mass is 10.1. The van der Waals surface area contributed by atoms with Gasteiger partial charge < -0.3 is 9.47 Å². The number of esters is 1. The second-order valence-electron chi connectivity index (χ2n) is 6.24. The summed E-state index contributed by atoms with van der Waals surface area (Å²) in [5.74, 6) is -1.16. The van der Waals surface area contributed by atoms with E-state index in [1.165, 1.54) is 14.1 Å². The summed E-state index contributed by atoms with van der Waals surface area (Å²) in [5.41, 5.74) is 1.65. The molecule has 2 aromatic carbocycles. The van der Waals surface area contributed by atoms with Crippen molar-refractivity contribution in [2.24, 2.45) is 0 Å². The van der Waals surface area contributed by atoms with Gasteiger partial charge in [0.15, 0.2) is 0 Å². The Labute approximate surface area is 158 Å². The van der Waals surface area contributed by atoms with Crippen LogP contribution >= 0.6 is 0 Å². The second kappa shape index (κ2) is 8.49. The molecule has 27 heavy (non-hydrogen) atoms. The Morgan fingerprint density at radius 2 is 1.67 bits per heavy atom. The zero-order valence-corrected chi connectivity index (χ0v) is 16.5. The van der Waals surface area contributed by atoms with Crippen LogP contribution in [0.1, 0.15) is 21.5 Å². The molecule has 0 saturated heterocycles. The van der Waals surface area contributed by atoms with Crippen LogP contribution in [0.5, 0.6) is 5.75 Å². The average molecular weight is 395 g/mol. The van der Waals surface area contributed by atoms with Gasteiger partial charge in [0.05, 0.1) is 10.5 Å². The van der Waals surface area contributed by atoms with Gasteiger partial charge in [-0.15, -0.1) is 0 Å². The van der Waals surface area contributed by atoms with Crippen molar-refractivity contribution in [3.63, 3.8) is 0 Å². The van der Waals surface area contributed by atoms with E-state index in [1.54, 1.807) is 0 Å². The molecule has 0 bridgehead atoms. The van der Waals surface area contributed by atoms with Crippen molar-refractivity contribution < 1.29 is 27.1 Å². The lowest BCUT2D eigenvalue weighted by molar-refractivity contribution is 0.0445. The smallest absolute Gasteiger partial charge is 0.341 e. The minimum Gasteiger partial charge on any atom is -0.490 e. The lowest BCUT2D eigenvalue weighted by Crippen LogP contribution is -2.23. The van der Waals surface area contributed by atoms with Crippen molar-refractivity contribution in [1.29, 1.82) is 0 Å². The minimum atomic E-state index is -3.78. The molecular weight excluding hydrogens is 373 g/mol. The summed E-state index contributed by atoms with van der Waals surface area (Å²) in [6.45, 7) is 3.87. The summed E-state index contributed by atoms with van der Waals surface area (Å²) >= 11 is 0. The first-order valence-corrected chi connectivity index (χ1v) is 9.65. The predicted octanol–water partition coefficient (Wildman–Crippen LogP) is 2.93. The molecule has 0 spiro atoms. The Kier molecular flexibility index (Phi) is 6.56. The molecule has 0 atom stereocenters. The summed E-state index contributed by atoms with van der Waals surface area (Å²) in [5, 5.41) is 0. The highest BCUT2D eigenvalue weighted by atomic mass is 32.2. The van der Waals surface area contributed by atoms with Crippen LogP contribution < -0.4 is 4.74 Å². The van der Waals surface area contributed by atoms with Crippen molar-refractivity contribution in [3.8, 4) is 5.75 Å². The normalized spacial score (nSPS) is 11.5. The van der Waals surface area contributed by atoms with E-state index in [9.17, 15) is 17.6 Å². The van der Waals surface area contributed by atoms with Crippen LogP contribution in [-0.2, 0) is 14.8 Å². The third-order valence-electron chi connectivity index (χ3n) is 3.72. The minimum absolute atomic E-state index is 0.0892. The molecule has 0 unspecified atom stereocenters. The van der Waals surface area contributed by atoms with Gasteiger partial charge in [0.25, 0.3) is 0 Å². The number of benzene rings is 2. The summed E-state index contributed by atoms with van der Waals surface area (Å²) < 4.78 is 49.7. The number of halogens is 1. The molecule has 0 amide bonds. The van der Waals surface area contributed by atoms with E-state index < -0.39 is 27.4 Å². The maximum absolute atomic E-state index is 13.9. The van der Waals surface area contributed by atoms with E-state index in [2.05, 4.69) is 0 Å². The lowest BCUT2D eigenvalue weighted by Gasteiger charge is -2.13. The number of sulfonamides is 1. The Bertz CT molecular complexity index is 921. The molecule has 0 saturated carbocycles. The van der Waals surface area contributed by atoms with Gasteiger partial charge >= 0.3 is 5.97 Å². The van der Waals surface area contributed by atoms with Gasteiger partial charge in [-0.2, -0.15) is 0 Å². The van der Waals surface area contributed by atoms with Gasteiger partial charge in [-0.25, -0.2) is 21.9 Å². The number of ether oxygens (including phenoxy) is 2. The van der Waals surface area contributed by atoms with Gasteiger partial charge in [-0.05, 0) is 55.3 Å². The van der Waals surface area contributed by atoms with E-state index in [-0.39, 0.29) is 18.1 Å². The summed E-state index contributed by atoms with van der Waals surface area (Å²) in [6, 6.07) is 8.71. The Hall–Kier alpha value is -2.45. The number of nitrogens with zero attached hydrogens (tertiary/aromatic N) is 1. The predicted molar refractivity (Wildman–Crippen MR) is 99.0 cm³/mol. The van der Waals surface area contributed by atoms with E-state index in [0.717, 1.165) is 33.6 Å². The highest BCUT2D eigenvalue weighted by Crippen LogP contribution is 2.19. The number of hydrogen-bond donors (Lipinski definition) is 0. The first kappa shape index (κ1) is 20.9. The zero-order chi connectivity index (χ0) is 20.2. The number of rotatable bonds is 7. The molecule has 0 fully saturated rings. The largest absolute Gasteiger partial charge is 0.490 e. The van der Waals surface area contributed by atoms with E-state index >= 15 is 0 Å². The molecule has 0 aliphatic carbocycles. The molecule has 0 N–H and O–H groups in total. The fourth-order valence-electron chi connectivity index (χ4n) is 2.42. The molecule has 2 aromatic rings. The molecule has 6 nitrogen and oxygen atoms in total. The van der Waals surface area contributed by atoms with Gasteiger partial charge in [0.2, 0.25) is 10.0 Å². The van der Waals surface area contributed by atoms with Crippen LogP contribution in [0, 0.1) is 19.7 Å². The van der Waals surface area contributed by atoms with Crippen molar-refractivity contribution in [1.82, 2.24) is 4.31 Å². The number of aryl methyl sites for hydroxylation is 2. The fourth-order valence-corrected chi connectivity index (χ4v) is 3.35. The van der Waals surface area contributed by atoms with Crippen molar-refractivity contribution in [2.75, 3.05) is 27.3 Å². The third-order valence-corrected chi connectivity index (χ3v) is 5.53. The van der Waals surface area contributed by atoms with Crippen molar-refractivity contribution >= 4 is 16.0 Å². The van der Waals surface area contributed by atoms with Crippen LogP contribution in [0.25, 0.3) is 0 Å². The molecule has 2 rings (SSSR count). The van der Waals surface area contributed by atoms with E-state index in [4.69, 9.17) is 9.47 Å². The summed E-state index contributed by atoms with van der Waals surface area (Å²) in [4.78, 5) is 11.9. The number of carbonyl (C=O) groups is 1. The molecule has 0 heterocycles. The number of carbonyl (C=O) groups excluding carboxylic acids is 1. The summed E-state index contributed by atoms with van der Waals surface area (Å²) in [7, 11) is -1.09. The first-order chi connectivity index (χ1) is 12.6.